The lowest BCUT2D eigenvalue weighted by molar-refractivity contribution is -0.114. The fourth-order valence-electron chi connectivity index (χ4n) is 3.77. The quantitative estimate of drug-likeness (QED) is 0.627. The maximum absolute atomic E-state index is 12.9. The molecule has 1 amide bonds. The maximum Gasteiger partial charge on any atom is 0.283 e. The van der Waals surface area contributed by atoms with E-state index in [1.807, 2.05) is 0 Å². The third-order valence-corrected chi connectivity index (χ3v) is 6.51. The van der Waals surface area contributed by atoms with Crippen LogP contribution in [0.5, 0.6) is 0 Å². The zero-order chi connectivity index (χ0) is 19.4. The van der Waals surface area contributed by atoms with E-state index in [0.29, 0.717) is 43.7 Å². The van der Waals surface area contributed by atoms with Gasteiger partial charge in [0.15, 0.2) is 0 Å². The Morgan fingerprint density at radius 3 is 2.41 bits per heavy atom. The summed E-state index contributed by atoms with van der Waals surface area (Å²) in [6, 6.07) is 6.13. The number of amides is 1. The standard InChI is InChI=1S/C19H27N3O4S/c1-14-4-3-5-18(14)19(22-10-12-26-13-11-22)21-27(24,25)17-8-6-16(7-9-17)20-15(2)23/h6-9,14,18H,3-5,10-13H2,1-2H3,(H,20,23)/t14-,18+/m1/s1. The predicted molar refractivity (Wildman–Crippen MR) is 104 cm³/mol. The van der Waals surface area contributed by atoms with E-state index in [1.165, 1.54) is 19.1 Å². The normalized spacial score (nSPS) is 24.1. The molecular formula is C19H27N3O4S. The Bertz CT molecular complexity index is 799. The van der Waals surface area contributed by atoms with E-state index in [0.717, 1.165) is 19.3 Å². The van der Waals surface area contributed by atoms with Gasteiger partial charge in [-0.05, 0) is 43.0 Å². The number of amidine groups is 1. The Morgan fingerprint density at radius 1 is 1.19 bits per heavy atom. The van der Waals surface area contributed by atoms with Crippen LogP contribution in [0.2, 0.25) is 0 Å². The van der Waals surface area contributed by atoms with Crippen LogP contribution in [0.1, 0.15) is 33.1 Å². The summed E-state index contributed by atoms with van der Waals surface area (Å²) >= 11 is 0. The van der Waals surface area contributed by atoms with Gasteiger partial charge in [-0.15, -0.1) is 4.40 Å². The van der Waals surface area contributed by atoms with Crippen molar-refractivity contribution in [1.29, 1.82) is 0 Å². The molecule has 1 N–H and O–H groups in total. The number of nitrogens with zero attached hydrogens (tertiary/aromatic N) is 2. The molecule has 1 aliphatic heterocycles. The first-order valence-corrected chi connectivity index (χ1v) is 10.9. The molecule has 1 aliphatic carbocycles. The highest BCUT2D eigenvalue weighted by atomic mass is 32.2. The van der Waals surface area contributed by atoms with Crippen LogP contribution in [-0.2, 0) is 19.6 Å². The second-order valence-electron chi connectivity index (χ2n) is 7.24. The molecule has 3 rings (SSSR count). The summed E-state index contributed by atoms with van der Waals surface area (Å²) < 4.78 is 35.6. The van der Waals surface area contributed by atoms with Gasteiger partial charge in [0, 0.05) is 31.6 Å². The number of sulfonamides is 1. The maximum atomic E-state index is 12.9. The molecule has 0 spiro atoms. The molecule has 0 aromatic heterocycles. The van der Waals surface area contributed by atoms with Crippen molar-refractivity contribution in [3.8, 4) is 0 Å². The largest absolute Gasteiger partial charge is 0.378 e. The fraction of sp³-hybridized carbons (Fsp3) is 0.579. The molecule has 2 aliphatic rings. The number of nitrogens with one attached hydrogen (secondary N) is 1. The molecule has 1 saturated heterocycles. The summed E-state index contributed by atoms with van der Waals surface area (Å²) in [4.78, 5) is 13.3. The van der Waals surface area contributed by atoms with Crippen molar-refractivity contribution in [3.63, 3.8) is 0 Å². The average molecular weight is 394 g/mol. The average Bonchev–Trinajstić information content (AvgIpc) is 3.06. The third kappa shape index (κ3) is 4.87. The van der Waals surface area contributed by atoms with Crippen LogP contribution < -0.4 is 5.32 Å². The molecule has 8 heteroatoms. The first-order valence-electron chi connectivity index (χ1n) is 9.42. The second-order valence-corrected chi connectivity index (χ2v) is 8.85. The van der Waals surface area contributed by atoms with Crippen LogP contribution in [0.3, 0.4) is 0 Å². The Kier molecular flexibility index (Phi) is 6.16. The van der Waals surface area contributed by atoms with Gasteiger partial charge in [-0.1, -0.05) is 13.3 Å². The Labute approximate surface area is 160 Å². The number of morpholine rings is 1. The summed E-state index contributed by atoms with van der Waals surface area (Å²) in [7, 11) is -3.82. The molecule has 0 unspecified atom stereocenters. The highest BCUT2D eigenvalue weighted by Crippen LogP contribution is 2.34. The third-order valence-electron chi connectivity index (χ3n) is 5.21. The monoisotopic (exact) mass is 393 g/mol. The topological polar surface area (TPSA) is 88.1 Å². The lowest BCUT2D eigenvalue weighted by atomic mass is 9.96. The van der Waals surface area contributed by atoms with Gasteiger partial charge in [-0.3, -0.25) is 4.79 Å². The first-order chi connectivity index (χ1) is 12.9. The molecule has 1 heterocycles. The minimum absolute atomic E-state index is 0.132. The van der Waals surface area contributed by atoms with E-state index in [-0.39, 0.29) is 16.7 Å². The first kappa shape index (κ1) is 19.8. The molecule has 0 radical (unpaired) electrons. The van der Waals surface area contributed by atoms with Crippen LogP contribution in [0, 0.1) is 11.8 Å². The van der Waals surface area contributed by atoms with Crippen LogP contribution in [-0.4, -0.2) is 51.4 Å². The molecule has 0 bridgehead atoms. The van der Waals surface area contributed by atoms with Gasteiger partial charge in [-0.2, -0.15) is 8.42 Å². The summed E-state index contributed by atoms with van der Waals surface area (Å²) in [6.45, 7) is 6.09. The van der Waals surface area contributed by atoms with Gasteiger partial charge < -0.3 is 15.0 Å². The van der Waals surface area contributed by atoms with E-state index < -0.39 is 10.0 Å². The highest BCUT2D eigenvalue weighted by molar-refractivity contribution is 7.90. The fourth-order valence-corrected chi connectivity index (χ4v) is 4.85. The SMILES string of the molecule is CC(=O)Nc1ccc(S(=O)(=O)N=C([C@H]2CCC[C@H]2C)N2CCOCC2)cc1. The van der Waals surface area contributed by atoms with Crippen molar-refractivity contribution in [1.82, 2.24) is 4.90 Å². The summed E-state index contributed by atoms with van der Waals surface area (Å²) in [5.41, 5.74) is 0.559. The Balaban J connectivity index is 1.90. The highest BCUT2D eigenvalue weighted by Gasteiger charge is 2.33. The van der Waals surface area contributed by atoms with Crippen molar-refractivity contribution in [2.45, 2.75) is 38.0 Å². The van der Waals surface area contributed by atoms with E-state index in [4.69, 9.17) is 4.74 Å². The number of ether oxygens (including phenoxy) is 1. The summed E-state index contributed by atoms with van der Waals surface area (Å²) in [6.07, 6.45) is 3.16. The molecule has 1 aromatic rings. The lowest BCUT2D eigenvalue weighted by Gasteiger charge is -2.33. The Hall–Kier alpha value is -1.93. The van der Waals surface area contributed by atoms with Gasteiger partial charge in [0.2, 0.25) is 5.91 Å². The van der Waals surface area contributed by atoms with Gasteiger partial charge in [0.25, 0.3) is 10.0 Å². The molecule has 7 nitrogen and oxygen atoms in total. The predicted octanol–water partition coefficient (Wildman–Crippen LogP) is 2.50. The minimum atomic E-state index is -3.82. The Morgan fingerprint density at radius 2 is 1.85 bits per heavy atom. The summed E-state index contributed by atoms with van der Waals surface area (Å²) in [5.74, 6) is 1.06. The molecule has 1 saturated carbocycles. The molecule has 148 valence electrons. The second kappa shape index (κ2) is 8.39. The van der Waals surface area contributed by atoms with Gasteiger partial charge in [0.05, 0.1) is 18.1 Å². The van der Waals surface area contributed by atoms with Crippen molar-refractivity contribution in [3.05, 3.63) is 24.3 Å². The number of carbonyl (C=O) groups excluding carboxylic acids is 1. The van der Waals surface area contributed by atoms with Crippen LogP contribution in [0.15, 0.2) is 33.6 Å². The zero-order valence-corrected chi connectivity index (χ0v) is 16.7. The number of benzene rings is 1. The molecule has 2 atom stereocenters. The summed E-state index contributed by atoms with van der Waals surface area (Å²) in [5, 5.41) is 2.63. The number of hydrogen-bond donors (Lipinski definition) is 1. The van der Waals surface area contributed by atoms with Gasteiger partial charge in [-0.25, -0.2) is 0 Å². The van der Waals surface area contributed by atoms with Crippen LogP contribution >= 0.6 is 0 Å². The lowest BCUT2D eigenvalue weighted by Crippen LogP contribution is -2.44. The molecular weight excluding hydrogens is 366 g/mol. The van der Waals surface area contributed by atoms with Crippen LogP contribution in [0.4, 0.5) is 5.69 Å². The van der Waals surface area contributed by atoms with Gasteiger partial charge in [0.1, 0.15) is 5.84 Å². The van der Waals surface area contributed by atoms with Crippen molar-refractivity contribution >= 4 is 27.5 Å². The van der Waals surface area contributed by atoms with E-state index in [2.05, 4.69) is 21.5 Å². The van der Waals surface area contributed by atoms with Gasteiger partial charge >= 0.3 is 0 Å². The van der Waals surface area contributed by atoms with E-state index >= 15 is 0 Å². The number of hydrogen-bond acceptors (Lipinski definition) is 4. The van der Waals surface area contributed by atoms with Crippen molar-refractivity contribution < 1.29 is 17.9 Å². The zero-order valence-electron chi connectivity index (χ0n) is 15.8. The molecule has 2 fully saturated rings. The molecule has 27 heavy (non-hydrogen) atoms. The number of carbonyl (C=O) groups is 1. The number of rotatable bonds is 4. The van der Waals surface area contributed by atoms with E-state index in [9.17, 15) is 13.2 Å². The molecule has 1 aromatic carbocycles. The van der Waals surface area contributed by atoms with Crippen LogP contribution in [0.25, 0.3) is 0 Å². The van der Waals surface area contributed by atoms with Crippen molar-refractivity contribution in [2.24, 2.45) is 16.2 Å². The smallest absolute Gasteiger partial charge is 0.283 e. The number of anilines is 1. The van der Waals surface area contributed by atoms with Crippen molar-refractivity contribution in [2.75, 3.05) is 31.6 Å². The minimum Gasteiger partial charge on any atom is -0.378 e. The van der Waals surface area contributed by atoms with E-state index in [1.54, 1.807) is 12.1 Å².